The third-order valence-corrected chi connectivity index (χ3v) is 5.32. The van der Waals surface area contributed by atoms with E-state index in [0.29, 0.717) is 37.0 Å². The Morgan fingerprint density at radius 2 is 1.96 bits per heavy atom. The SMILES string of the molecule is Cc1ccc(NC(=O)C[C@@H]2SC(CC(=O)N3CCOCC3)=NC2=O)cc1. The second-order valence-corrected chi connectivity index (χ2v) is 7.51. The van der Waals surface area contributed by atoms with Crippen molar-refractivity contribution in [3.05, 3.63) is 29.8 Å². The lowest BCUT2D eigenvalue weighted by Crippen LogP contribution is -2.41. The minimum Gasteiger partial charge on any atom is -0.378 e. The van der Waals surface area contributed by atoms with Crippen molar-refractivity contribution < 1.29 is 19.1 Å². The third kappa shape index (κ3) is 4.92. The highest BCUT2D eigenvalue weighted by atomic mass is 32.2. The second kappa shape index (κ2) is 8.46. The summed E-state index contributed by atoms with van der Waals surface area (Å²) >= 11 is 1.21. The van der Waals surface area contributed by atoms with Crippen molar-refractivity contribution in [1.29, 1.82) is 0 Å². The number of aliphatic imine (C=N–C) groups is 1. The number of carbonyl (C=O) groups excluding carboxylic acids is 3. The van der Waals surface area contributed by atoms with Crippen LogP contribution in [-0.4, -0.2) is 59.2 Å². The number of amides is 3. The zero-order valence-corrected chi connectivity index (χ0v) is 15.4. The van der Waals surface area contributed by atoms with Gasteiger partial charge in [0.05, 0.1) is 24.7 Å². The fourth-order valence-electron chi connectivity index (χ4n) is 2.72. The van der Waals surface area contributed by atoms with Crippen LogP contribution in [0.1, 0.15) is 18.4 Å². The Bertz CT molecular complexity index is 726. The van der Waals surface area contributed by atoms with Gasteiger partial charge in [-0.05, 0) is 19.1 Å². The van der Waals surface area contributed by atoms with Gasteiger partial charge in [0.25, 0.3) is 5.91 Å². The molecule has 2 aliphatic heterocycles. The number of anilines is 1. The molecule has 1 N–H and O–H groups in total. The zero-order chi connectivity index (χ0) is 18.5. The summed E-state index contributed by atoms with van der Waals surface area (Å²) in [5.74, 6) is -0.647. The van der Waals surface area contributed by atoms with Crippen molar-refractivity contribution in [2.24, 2.45) is 4.99 Å². The van der Waals surface area contributed by atoms with Gasteiger partial charge in [0, 0.05) is 25.2 Å². The molecule has 0 aliphatic carbocycles. The van der Waals surface area contributed by atoms with Crippen LogP contribution in [0.25, 0.3) is 0 Å². The molecule has 1 atom stereocenters. The molecule has 1 aromatic rings. The Morgan fingerprint density at radius 3 is 2.65 bits per heavy atom. The standard InChI is InChI=1S/C18H21N3O4S/c1-12-2-4-13(5-3-12)19-15(22)10-14-18(24)20-16(26-14)11-17(23)21-6-8-25-9-7-21/h2-5,14H,6-11H2,1H3,(H,19,22)/t14-/m0/s1. The fraction of sp³-hybridized carbons (Fsp3) is 0.444. The third-order valence-electron chi connectivity index (χ3n) is 4.16. The first-order chi connectivity index (χ1) is 12.5. The number of rotatable bonds is 5. The van der Waals surface area contributed by atoms with Crippen molar-refractivity contribution in [3.63, 3.8) is 0 Å². The van der Waals surface area contributed by atoms with Crippen LogP contribution >= 0.6 is 11.8 Å². The van der Waals surface area contributed by atoms with Gasteiger partial charge in [-0.2, -0.15) is 0 Å². The summed E-state index contributed by atoms with van der Waals surface area (Å²) in [5, 5.41) is 2.70. The molecule has 0 spiro atoms. The van der Waals surface area contributed by atoms with Crippen LogP contribution in [0.15, 0.2) is 29.3 Å². The molecule has 0 saturated carbocycles. The molecule has 0 aromatic heterocycles. The molecule has 3 rings (SSSR count). The lowest BCUT2D eigenvalue weighted by Gasteiger charge is -2.26. The van der Waals surface area contributed by atoms with E-state index in [-0.39, 0.29) is 30.6 Å². The number of morpholine rings is 1. The fourth-order valence-corrected chi connectivity index (χ4v) is 3.78. The van der Waals surface area contributed by atoms with Crippen molar-refractivity contribution in [3.8, 4) is 0 Å². The molecule has 2 heterocycles. The van der Waals surface area contributed by atoms with E-state index in [9.17, 15) is 14.4 Å². The average molecular weight is 375 g/mol. The Hall–Kier alpha value is -2.19. The number of hydrogen-bond donors (Lipinski definition) is 1. The summed E-state index contributed by atoms with van der Waals surface area (Å²) in [7, 11) is 0. The Kier molecular flexibility index (Phi) is 6.05. The maximum Gasteiger partial charge on any atom is 0.260 e. The lowest BCUT2D eigenvalue weighted by atomic mass is 10.2. The predicted octanol–water partition coefficient (Wildman–Crippen LogP) is 1.61. The van der Waals surface area contributed by atoms with Crippen LogP contribution in [0.5, 0.6) is 0 Å². The van der Waals surface area contributed by atoms with E-state index in [1.807, 2.05) is 31.2 Å². The van der Waals surface area contributed by atoms with Gasteiger partial charge in [-0.3, -0.25) is 14.4 Å². The molecule has 3 amide bonds. The highest BCUT2D eigenvalue weighted by Gasteiger charge is 2.32. The molecule has 0 unspecified atom stereocenters. The lowest BCUT2D eigenvalue weighted by molar-refractivity contribution is -0.133. The maximum atomic E-state index is 12.2. The molecule has 0 radical (unpaired) electrons. The van der Waals surface area contributed by atoms with Crippen molar-refractivity contribution in [2.45, 2.75) is 25.0 Å². The van der Waals surface area contributed by atoms with E-state index < -0.39 is 5.25 Å². The van der Waals surface area contributed by atoms with Crippen LogP contribution in [0, 0.1) is 6.92 Å². The summed E-state index contributed by atoms with van der Waals surface area (Å²) in [6.45, 7) is 4.16. The van der Waals surface area contributed by atoms with Gasteiger partial charge in [0.1, 0.15) is 5.25 Å². The normalized spacial score (nSPS) is 20.0. The molecule has 1 aromatic carbocycles. The van der Waals surface area contributed by atoms with Crippen LogP contribution in [0.4, 0.5) is 5.69 Å². The number of thioether (sulfide) groups is 1. The highest BCUT2D eigenvalue weighted by Crippen LogP contribution is 2.27. The largest absolute Gasteiger partial charge is 0.378 e. The van der Waals surface area contributed by atoms with Gasteiger partial charge >= 0.3 is 0 Å². The van der Waals surface area contributed by atoms with E-state index in [2.05, 4.69) is 10.3 Å². The number of hydrogen-bond acceptors (Lipinski definition) is 5. The first-order valence-electron chi connectivity index (χ1n) is 8.51. The van der Waals surface area contributed by atoms with Gasteiger partial charge in [0.2, 0.25) is 11.8 Å². The molecule has 1 fully saturated rings. The Balaban J connectivity index is 1.48. The maximum absolute atomic E-state index is 12.2. The molecule has 8 heteroatoms. The second-order valence-electron chi connectivity index (χ2n) is 6.24. The average Bonchev–Trinajstić information content (AvgIpc) is 2.96. The number of carbonyl (C=O) groups is 3. The predicted molar refractivity (Wildman–Crippen MR) is 100 cm³/mol. The van der Waals surface area contributed by atoms with E-state index in [0.717, 1.165) is 5.56 Å². The first-order valence-corrected chi connectivity index (χ1v) is 9.39. The Labute approximate surface area is 156 Å². The first kappa shape index (κ1) is 18.6. The summed E-state index contributed by atoms with van der Waals surface area (Å²) in [4.78, 5) is 42.1. The molecular weight excluding hydrogens is 354 g/mol. The van der Waals surface area contributed by atoms with E-state index in [1.54, 1.807) is 4.90 Å². The van der Waals surface area contributed by atoms with Gasteiger partial charge in [0.15, 0.2) is 0 Å². The number of nitrogens with zero attached hydrogens (tertiary/aromatic N) is 2. The van der Waals surface area contributed by atoms with Gasteiger partial charge in [-0.25, -0.2) is 4.99 Å². The molecule has 138 valence electrons. The minimum atomic E-state index is -0.562. The zero-order valence-electron chi connectivity index (χ0n) is 14.6. The number of nitrogens with one attached hydrogen (secondary N) is 1. The number of ether oxygens (including phenoxy) is 1. The summed E-state index contributed by atoms with van der Waals surface area (Å²) in [5.41, 5.74) is 1.80. The Morgan fingerprint density at radius 1 is 1.27 bits per heavy atom. The molecule has 1 saturated heterocycles. The molecule has 26 heavy (non-hydrogen) atoms. The van der Waals surface area contributed by atoms with Crippen LogP contribution < -0.4 is 5.32 Å². The van der Waals surface area contributed by atoms with Gasteiger partial charge in [-0.1, -0.05) is 29.5 Å². The number of benzene rings is 1. The van der Waals surface area contributed by atoms with E-state index >= 15 is 0 Å². The van der Waals surface area contributed by atoms with Crippen molar-refractivity contribution in [2.75, 3.05) is 31.6 Å². The summed E-state index contributed by atoms with van der Waals surface area (Å²) in [6.07, 6.45) is 0.141. The molecule has 2 aliphatic rings. The van der Waals surface area contributed by atoms with E-state index in [1.165, 1.54) is 11.8 Å². The topological polar surface area (TPSA) is 88.1 Å². The summed E-state index contributed by atoms with van der Waals surface area (Å²) < 4.78 is 5.23. The van der Waals surface area contributed by atoms with Gasteiger partial charge in [-0.15, -0.1) is 0 Å². The van der Waals surface area contributed by atoms with Crippen LogP contribution in [0.3, 0.4) is 0 Å². The monoisotopic (exact) mass is 375 g/mol. The van der Waals surface area contributed by atoms with Crippen LogP contribution in [0.2, 0.25) is 0 Å². The summed E-state index contributed by atoms with van der Waals surface area (Å²) in [6, 6.07) is 7.45. The molecule has 7 nitrogen and oxygen atoms in total. The smallest absolute Gasteiger partial charge is 0.260 e. The molecule has 0 bridgehead atoms. The van der Waals surface area contributed by atoms with E-state index in [4.69, 9.17) is 4.74 Å². The van der Waals surface area contributed by atoms with Crippen LogP contribution in [-0.2, 0) is 19.1 Å². The van der Waals surface area contributed by atoms with Crippen molar-refractivity contribution in [1.82, 2.24) is 4.90 Å². The quantitative estimate of drug-likeness (QED) is 0.845. The van der Waals surface area contributed by atoms with Crippen molar-refractivity contribution >= 4 is 40.2 Å². The molecular formula is C18H21N3O4S. The number of aryl methyl sites for hydroxylation is 1. The minimum absolute atomic E-state index is 0.0378. The highest BCUT2D eigenvalue weighted by molar-refractivity contribution is 8.15. The van der Waals surface area contributed by atoms with Gasteiger partial charge < -0.3 is 15.0 Å².